The van der Waals surface area contributed by atoms with Crippen molar-refractivity contribution in [2.24, 2.45) is 0 Å². The van der Waals surface area contributed by atoms with E-state index in [0.717, 1.165) is 6.07 Å². The Labute approximate surface area is 108 Å². The first-order valence-corrected chi connectivity index (χ1v) is 5.40. The summed E-state index contributed by atoms with van der Waals surface area (Å²) in [5.41, 5.74) is -0.507. The number of nitro benzene ring substituents is 2. The smallest absolute Gasteiger partial charge is 0.299 e. The van der Waals surface area contributed by atoms with E-state index < -0.39 is 9.85 Å². The first-order chi connectivity index (χ1) is 9.01. The summed E-state index contributed by atoms with van der Waals surface area (Å²) < 4.78 is 0. The van der Waals surface area contributed by atoms with Crippen LogP contribution >= 0.6 is 0 Å². The Morgan fingerprint density at radius 2 is 2.00 bits per heavy atom. The Kier molecular flexibility index (Phi) is 4.95. The first-order valence-electron chi connectivity index (χ1n) is 5.40. The minimum atomic E-state index is -0.694. The fourth-order valence-corrected chi connectivity index (χ4v) is 1.63. The number of aliphatic hydroxyl groups excluding tert-OH is 1. The Morgan fingerprint density at radius 1 is 1.32 bits per heavy atom. The van der Waals surface area contributed by atoms with Crippen LogP contribution in [0.15, 0.2) is 30.9 Å². The summed E-state index contributed by atoms with van der Waals surface area (Å²) in [6.07, 6.45) is 1.53. The summed E-state index contributed by atoms with van der Waals surface area (Å²) in [5.74, 6) is 0. The highest BCUT2D eigenvalue weighted by molar-refractivity contribution is 5.67. The molecule has 0 radical (unpaired) electrons. The second-order valence-electron chi connectivity index (χ2n) is 3.65. The molecule has 0 amide bonds. The standard InChI is InChI=1S/C11H13N3O5/c1-2-5-12(6-7-15)10-4-3-9(13(16)17)8-11(10)14(18)19/h2-4,8,15H,1,5-7H2. The lowest BCUT2D eigenvalue weighted by atomic mass is 10.2. The molecule has 8 nitrogen and oxygen atoms in total. The molecule has 0 saturated heterocycles. The van der Waals surface area contributed by atoms with Crippen LogP contribution in [0.5, 0.6) is 0 Å². The zero-order valence-electron chi connectivity index (χ0n) is 10.1. The zero-order valence-corrected chi connectivity index (χ0v) is 10.1. The van der Waals surface area contributed by atoms with E-state index in [9.17, 15) is 20.2 Å². The molecule has 8 heteroatoms. The van der Waals surface area contributed by atoms with E-state index in [1.807, 2.05) is 0 Å². The van der Waals surface area contributed by atoms with Gasteiger partial charge in [0.05, 0.1) is 22.5 Å². The average molecular weight is 267 g/mol. The molecule has 1 aromatic carbocycles. The van der Waals surface area contributed by atoms with Crippen LogP contribution in [-0.4, -0.2) is 34.6 Å². The van der Waals surface area contributed by atoms with Crippen molar-refractivity contribution in [1.29, 1.82) is 0 Å². The maximum atomic E-state index is 11.0. The predicted octanol–water partition coefficient (Wildman–Crippen LogP) is 1.49. The number of benzene rings is 1. The minimum absolute atomic E-state index is 0.171. The van der Waals surface area contributed by atoms with Gasteiger partial charge in [-0.05, 0) is 6.07 Å². The Morgan fingerprint density at radius 3 is 2.47 bits per heavy atom. The highest BCUT2D eigenvalue weighted by atomic mass is 16.6. The zero-order chi connectivity index (χ0) is 14.4. The molecule has 102 valence electrons. The van der Waals surface area contributed by atoms with Gasteiger partial charge in [-0.15, -0.1) is 6.58 Å². The van der Waals surface area contributed by atoms with Crippen LogP contribution < -0.4 is 4.90 Å². The van der Waals surface area contributed by atoms with Gasteiger partial charge >= 0.3 is 0 Å². The van der Waals surface area contributed by atoms with Crippen LogP contribution in [0.3, 0.4) is 0 Å². The summed E-state index contributed by atoms with van der Waals surface area (Å²) in [6, 6.07) is 3.40. The first kappa shape index (κ1) is 14.6. The van der Waals surface area contributed by atoms with E-state index in [4.69, 9.17) is 5.11 Å². The summed E-state index contributed by atoms with van der Waals surface area (Å²) in [7, 11) is 0. The Hall–Kier alpha value is -2.48. The van der Waals surface area contributed by atoms with Crippen LogP contribution in [-0.2, 0) is 0 Å². The van der Waals surface area contributed by atoms with Crippen molar-refractivity contribution in [2.45, 2.75) is 0 Å². The van der Waals surface area contributed by atoms with Gasteiger partial charge in [-0.3, -0.25) is 20.2 Å². The maximum Gasteiger partial charge on any atom is 0.299 e. The third-order valence-corrected chi connectivity index (χ3v) is 2.43. The molecule has 0 heterocycles. The fraction of sp³-hybridized carbons (Fsp3) is 0.273. The molecule has 0 bridgehead atoms. The fourth-order valence-electron chi connectivity index (χ4n) is 1.63. The van der Waals surface area contributed by atoms with Crippen molar-refractivity contribution in [3.8, 4) is 0 Å². The Bertz CT molecular complexity index is 503. The lowest BCUT2D eigenvalue weighted by Crippen LogP contribution is -2.27. The number of hydrogen-bond acceptors (Lipinski definition) is 6. The van der Waals surface area contributed by atoms with Gasteiger partial charge in [-0.1, -0.05) is 6.08 Å². The molecule has 1 aromatic rings. The average Bonchev–Trinajstić information content (AvgIpc) is 2.37. The van der Waals surface area contributed by atoms with Crippen molar-refractivity contribution in [3.63, 3.8) is 0 Å². The molecule has 0 saturated carbocycles. The van der Waals surface area contributed by atoms with Gasteiger partial charge in [0.2, 0.25) is 0 Å². The van der Waals surface area contributed by atoms with E-state index in [2.05, 4.69) is 6.58 Å². The second kappa shape index (κ2) is 6.45. The highest BCUT2D eigenvalue weighted by Crippen LogP contribution is 2.31. The molecule has 0 fully saturated rings. The van der Waals surface area contributed by atoms with Crippen molar-refractivity contribution >= 4 is 17.1 Å². The van der Waals surface area contributed by atoms with E-state index in [1.165, 1.54) is 23.1 Å². The molecule has 19 heavy (non-hydrogen) atoms. The molecule has 0 aliphatic carbocycles. The molecule has 0 aliphatic rings. The van der Waals surface area contributed by atoms with Crippen molar-refractivity contribution in [3.05, 3.63) is 51.1 Å². The molecule has 0 aromatic heterocycles. The third kappa shape index (κ3) is 3.49. The van der Waals surface area contributed by atoms with Gasteiger partial charge in [0.1, 0.15) is 5.69 Å². The summed E-state index contributed by atoms with van der Waals surface area (Å²) >= 11 is 0. The Balaban J connectivity index is 3.27. The van der Waals surface area contributed by atoms with Crippen LogP contribution in [0, 0.1) is 20.2 Å². The molecular weight excluding hydrogens is 254 g/mol. The van der Waals surface area contributed by atoms with Crippen LogP contribution in [0.1, 0.15) is 0 Å². The minimum Gasteiger partial charge on any atom is -0.395 e. The summed E-state index contributed by atoms with van der Waals surface area (Å²) in [4.78, 5) is 21.7. The second-order valence-corrected chi connectivity index (χ2v) is 3.65. The highest BCUT2D eigenvalue weighted by Gasteiger charge is 2.22. The molecule has 1 rings (SSSR count). The monoisotopic (exact) mass is 267 g/mol. The summed E-state index contributed by atoms with van der Waals surface area (Å²) in [6.45, 7) is 3.80. The van der Waals surface area contributed by atoms with Crippen molar-refractivity contribution in [1.82, 2.24) is 0 Å². The number of rotatable bonds is 7. The van der Waals surface area contributed by atoms with Crippen molar-refractivity contribution < 1.29 is 15.0 Å². The van der Waals surface area contributed by atoms with Crippen LogP contribution in [0.4, 0.5) is 17.1 Å². The van der Waals surface area contributed by atoms with Crippen molar-refractivity contribution in [2.75, 3.05) is 24.6 Å². The van der Waals surface area contributed by atoms with Crippen LogP contribution in [0.2, 0.25) is 0 Å². The molecule has 0 spiro atoms. The van der Waals surface area contributed by atoms with Gasteiger partial charge in [-0.2, -0.15) is 0 Å². The maximum absolute atomic E-state index is 11.0. The van der Waals surface area contributed by atoms with Gasteiger partial charge in [0.15, 0.2) is 0 Å². The molecular formula is C11H13N3O5. The topological polar surface area (TPSA) is 110 Å². The summed E-state index contributed by atoms with van der Waals surface area (Å²) in [5, 5.41) is 30.5. The van der Waals surface area contributed by atoms with E-state index in [0.29, 0.717) is 6.54 Å². The third-order valence-electron chi connectivity index (χ3n) is 2.43. The van der Waals surface area contributed by atoms with Gasteiger partial charge in [-0.25, -0.2) is 0 Å². The number of anilines is 1. The van der Waals surface area contributed by atoms with E-state index in [1.54, 1.807) is 0 Å². The van der Waals surface area contributed by atoms with Gasteiger partial charge in [0.25, 0.3) is 11.4 Å². The number of hydrogen-bond donors (Lipinski definition) is 1. The van der Waals surface area contributed by atoms with E-state index in [-0.39, 0.29) is 30.2 Å². The molecule has 0 unspecified atom stereocenters. The molecule has 0 atom stereocenters. The lowest BCUT2D eigenvalue weighted by molar-refractivity contribution is -0.393. The van der Waals surface area contributed by atoms with Gasteiger partial charge < -0.3 is 10.0 Å². The number of nitro groups is 2. The SMILES string of the molecule is C=CCN(CCO)c1ccc([N+](=O)[O-])cc1[N+](=O)[O-]. The van der Waals surface area contributed by atoms with Crippen LogP contribution in [0.25, 0.3) is 0 Å². The van der Waals surface area contributed by atoms with Gasteiger partial charge in [0, 0.05) is 19.2 Å². The molecule has 0 aliphatic heterocycles. The normalized spacial score (nSPS) is 9.95. The number of nitrogens with zero attached hydrogens (tertiary/aromatic N) is 3. The molecule has 1 N–H and O–H groups in total. The number of aliphatic hydroxyl groups is 1. The largest absolute Gasteiger partial charge is 0.395 e. The van der Waals surface area contributed by atoms with E-state index >= 15 is 0 Å². The predicted molar refractivity (Wildman–Crippen MR) is 69.2 cm³/mol. The number of non-ortho nitro benzene ring substituents is 1. The lowest BCUT2D eigenvalue weighted by Gasteiger charge is -2.21. The quantitative estimate of drug-likeness (QED) is 0.455.